The molecule has 0 spiro atoms. The van der Waals surface area contributed by atoms with Crippen molar-refractivity contribution >= 4 is 6.29 Å². The van der Waals surface area contributed by atoms with E-state index in [0.29, 0.717) is 18.3 Å². The van der Waals surface area contributed by atoms with Crippen molar-refractivity contribution in [3.05, 3.63) is 0 Å². The minimum Gasteiger partial charge on any atom is -0.371 e. The van der Waals surface area contributed by atoms with Crippen LogP contribution >= 0.6 is 0 Å². The third-order valence-corrected chi connectivity index (χ3v) is 3.78. The lowest BCUT2D eigenvalue weighted by Gasteiger charge is -2.45. The molecule has 108 valence electrons. The smallest absolute Gasteiger partial charge is 0.122 e. The van der Waals surface area contributed by atoms with Crippen LogP contribution in [0.25, 0.3) is 0 Å². The maximum Gasteiger partial charge on any atom is 0.122 e. The summed E-state index contributed by atoms with van der Waals surface area (Å²) in [6.45, 7) is 13.1. The van der Waals surface area contributed by atoms with E-state index >= 15 is 0 Å². The molecule has 0 saturated carbocycles. The lowest BCUT2D eigenvalue weighted by molar-refractivity contribution is -0.165. The van der Waals surface area contributed by atoms with Crippen LogP contribution < -0.4 is 0 Å². The highest BCUT2D eigenvalue weighted by molar-refractivity contribution is 5.50. The summed E-state index contributed by atoms with van der Waals surface area (Å²) in [4.78, 5) is 10.6. The summed E-state index contributed by atoms with van der Waals surface area (Å²) in [6, 6.07) is 0. The third-order valence-electron chi connectivity index (χ3n) is 3.78. The Hall–Kier alpha value is -0.370. The molecule has 1 heterocycles. The van der Waals surface area contributed by atoms with Crippen LogP contribution in [0.4, 0.5) is 0 Å². The second kappa shape index (κ2) is 8.68. The van der Waals surface area contributed by atoms with Crippen LogP contribution in [0.15, 0.2) is 0 Å². The zero-order valence-electron chi connectivity index (χ0n) is 13.2. The first-order valence-electron chi connectivity index (χ1n) is 7.55. The Balaban J connectivity index is 0.000000873. The predicted octanol–water partition coefficient (Wildman–Crippen LogP) is 4.61. The summed E-state index contributed by atoms with van der Waals surface area (Å²) in [5.41, 5.74) is -0.00560. The van der Waals surface area contributed by atoms with Crippen LogP contribution in [0.1, 0.15) is 73.6 Å². The van der Waals surface area contributed by atoms with E-state index in [9.17, 15) is 4.79 Å². The van der Waals surface area contributed by atoms with Crippen molar-refractivity contribution in [1.82, 2.24) is 0 Å². The third kappa shape index (κ3) is 5.51. The maximum atomic E-state index is 10.6. The Labute approximate surface area is 113 Å². The largest absolute Gasteiger partial charge is 0.371 e. The van der Waals surface area contributed by atoms with E-state index < -0.39 is 0 Å². The molecule has 18 heavy (non-hydrogen) atoms. The Morgan fingerprint density at radius 3 is 2.28 bits per heavy atom. The molecule has 0 aliphatic carbocycles. The molecule has 4 unspecified atom stereocenters. The summed E-state index contributed by atoms with van der Waals surface area (Å²) in [6.07, 6.45) is 6.28. The van der Waals surface area contributed by atoms with Gasteiger partial charge in [0, 0.05) is 6.42 Å². The first-order valence-corrected chi connectivity index (χ1v) is 7.55. The number of carbonyl (C=O) groups is 1. The number of hydrogen-bond acceptors (Lipinski definition) is 2. The van der Waals surface area contributed by atoms with Crippen LogP contribution in [0.2, 0.25) is 0 Å². The first-order chi connectivity index (χ1) is 8.44. The second-order valence-electron chi connectivity index (χ2n) is 6.01. The highest BCUT2D eigenvalue weighted by Crippen LogP contribution is 2.39. The van der Waals surface area contributed by atoms with Crippen molar-refractivity contribution in [1.29, 1.82) is 0 Å². The second-order valence-corrected chi connectivity index (χ2v) is 6.01. The van der Waals surface area contributed by atoms with Crippen LogP contribution in [-0.4, -0.2) is 18.0 Å². The topological polar surface area (TPSA) is 26.3 Å². The van der Waals surface area contributed by atoms with E-state index in [1.807, 2.05) is 0 Å². The molecule has 1 rings (SSSR count). The van der Waals surface area contributed by atoms with Crippen LogP contribution in [0.3, 0.4) is 0 Å². The number of carbonyl (C=O) groups excluding carboxylic acids is 1. The van der Waals surface area contributed by atoms with Gasteiger partial charge >= 0.3 is 0 Å². The standard InChI is InChI=1S/C13H24O2.C3H8/c1-5-7-13(4)9-10(2)11(3)12(15-13)6-8-14;1-3-2/h8,10-12H,5-7,9H2,1-4H3;3H2,1-2H3. The summed E-state index contributed by atoms with van der Waals surface area (Å²) in [5.74, 6) is 1.15. The van der Waals surface area contributed by atoms with Crippen molar-refractivity contribution in [3.8, 4) is 0 Å². The maximum absolute atomic E-state index is 10.6. The number of ether oxygens (including phenoxy) is 1. The molecular weight excluding hydrogens is 224 g/mol. The molecule has 2 heteroatoms. The number of hydrogen-bond donors (Lipinski definition) is 0. The van der Waals surface area contributed by atoms with Gasteiger partial charge in [-0.15, -0.1) is 0 Å². The molecule has 0 bridgehead atoms. The summed E-state index contributed by atoms with van der Waals surface area (Å²) < 4.78 is 6.11. The highest BCUT2D eigenvalue weighted by atomic mass is 16.5. The summed E-state index contributed by atoms with van der Waals surface area (Å²) in [7, 11) is 0. The van der Waals surface area contributed by atoms with E-state index in [4.69, 9.17) is 4.74 Å². The van der Waals surface area contributed by atoms with Crippen LogP contribution in [0, 0.1) is 11.8 Å². The molecular formula is C16H32O2. The lowest BCUT2D eigenvalue weighted by Crippen LogP contribution is -2.46. The zero-order valence-corrected chi connectivity index (χ0v) is 13.2. The first kappa shape index (κ1) is 17.6. The average molecular weight is 256 g/mol. The Morgan fingerprint density at radius 2 is 1.83 bits per heavy atom. The van der Waals surface area contributed by atoms with Gasteiger partial charge in [-0.3, -0.25) is 0 Å². The number of aldehydes is 1. The van der Waals surface area contributed by atoms with Gasteiger partial charge in [-0.2, -0.15) is 0 Å². The monoisotopic (exact) mass is 256 g/mol. The van der Waals surface area contributed by atoms with Gasteiger partial charge in [0.15, 0.2) is 0 Å². The Morgan fingerprint density at radius 1 is 1.28 bits per heavy atom. The molecule has 1 aliphatic heterocycles. The van der Waals surface area contributed by atoms with Gasteiger partial charge < -0.3 is 9.53 Å². The quantitative estimate of drug-likeness (QED) is 0.686. The average Bonchev–Trinajstić information content (AvgIpc) is 2.27. The Bertz CT molecular complexity index is 227. The summed E-state index contributed by atoms with van der Waals surface area (Å²) in [5, 5.41) is 0. The molecule has 0 amide bonds. The molecule has 1 aliphatic rings. The fraction of sp³-hybridized carbons (Fsp3) is 0.938. The van der Waals surface area contributed by atoms with E-state index in [-0.39, 0.29) is 11.7 Å². The summed E-state index contributed by atoms with van der Waals surface area (Å²) >= 11 is 0. The molecule has 0 aromatic heterocycles. The fourth-order valence-corrected chi connectivity index (χ4v) is 2.80. The minimum atomic E-state index is -0.00560. The highest BCUT2D eigenvalue weighted by Gasteiger charge is 2.39. The van der Waals surface area contributed by atoms with E-state index in [2.05, 4.69) is 41.5 Å². The van der Waals surface area contributed by atoms with Gasteiger partial charge in [-0.25, -0.2) is 0 Å². The van der Waals surface area contributed by atoms with Crippen LogP contribution in [-0.2, 0) is 9.53 Å². The van der Waals surface area contributed by atoms with Gasteiger partial charge in [-0.1, -0.05) is 47.5 Å². The molecule has 1 fully saturated rings. The van der Waals surface area contributed by atoms with Gasteiger partial charge in [-0.05, 0) is 31.6 Å². The van der Waals surface area contributed by atoms with Gasteiger partial charge in [0.25, 0.3) is 0 Å². The van der Waals surface area contributed by atoms with Crippen molar-refractivity contribution in [2.75, 3.05) is 0 Å². The lowest BCUT2D eigenvalue weighted by atomic mass is 9.76. The van der Waals surface area contributed by atoms with E-state index in [1.54, 1.807) is 0 Å². The molecule has 2 nitrogen and oxygen atoms in total. The van der Waals surface area contributed by atoms with Crippen molar-refractivity contribution < 1.29 is 9.53 Å². The predicted molar refractivity (Wildman–Crippen MR) is 77.8 cm³/mol. The van der Waals surface area contributed by atoms with E-state index in [0.717, 1.165) is 25.5 Å². The SMILES string of the molecule is CCC.CCCC1(C)CC(C)C(C)C(CC=O)O1. The van der Waals surface area contributed by atoms with Gasteiger partial charge in [0.05, 0.1) is 11.7 Å². The van der Waals surface area contributed by atoms with Crippen molar-refractivity contribution in [3.63, 3.8) is 0 Å². The fourth-order valence-electron chi connectivity index (χ4n) is 2.80. The van der Waals surface area contributed by atoms with E-state index in [1.165, 1.54) is 6.42 Å². The molecule has 0 N–H and O–H groups in total. The molecule has 0 aromatic rings. The minimum absolute atomic E-state index is 0.00560. The molecule has 1 saturated heterocycles. The molecule has 0 radical (unpaired) electrons. The molecule has 4 atom stereocenters. The molecule has 0 aromatic carbocycles. The zero-order chi connectivity index (χ0) is 14.2. The Kier molecular flexibility index (Phi) is 8.51. The number of rotatable bonds is 4. The van der Waals surface area contributed by atoms with Gasteiger partial charge in [0.1, 0.15) is 6.29 Å². The normalized spacial score (nSPS) is 35.6. The van der Waals surface area contributed by atoms with Crippen molar-refractivity contribution in [2.45, 2.75) is 85.4 Å². The van der Waals surface area contributed by atoms with Crippen molar-refractivity contribution in [2.24, 2.45) is 11.8 Å². The van der Waals surface area contributed by atoms with Crippen LogP contribution in [0.5, 0.6) is 0 Å². The van der Waals surface area contributed by atoms with Gasteiger partial charge in [0.2, 0.25) is 0 Å².